The lowest BCUT2D eigenvalue weighted by molar-refractivity contribution is 0.340. The minimum absolute atomic E-state index is 0.151. The van der Waals surface area contributed by atoms with Crippen LogP contribution in [0.1, 0.15) is 24.1 Å². The molecular weight excluding hydrogens is 306 g/mol. The van der Waals surface area contributed by atoms with Crippen LogP contribution in [-0.2, 0) is 0 Å². The van der Waals surface area contributed by atoms with Crippen LogP contribution in [0, 0.1) is 0 Å². The molecule has 1 heterocycles. The third-order valence-corrected chi connectivity index (χ3v) is 4.51. The molecule has 0 aliphatic rings. The van der Waals surface area contributed by atoms with Gasteiger partial charge in [-0.1, -0.05) is 60.7 Å². The highest BCUT2D eigenvalue weighted by Gasteiger charge is 2.17. The molecule has 0 unspecified atom stereocenters. The summed E-state index contributed by atoms with van der Waals surface area (Å²) in [5.41, 5.74) is 3.77. The molecule has 0 aliphatic carbocycles. The van der Waals surface area contributed by atoms with Gasteiger partial charge in [0.25, 0.3) is 0 Å². The number of benzene rings is 3. The molecule has 2 heteroatoms. The first kappa shape index (κ1) is 15.5. The van der Waals surface area contributed by atoms with Crippen LogP contribution >= 0.6 is 0 Å². The summed E-state index contributed by atoms with van der Waals surface area (Å²) in [4.78, 5) is 0. The monoisotopic (exact) mass is 327 g/mol. The van der Waals surface area contributed by atoms with E-state index in [-0.39, 0.29) is 6.04 Å². The average molecular weight is 327 g/mol. The molecule has 0 saturated carbocycles. The highest BCUT2D eigenvalue weighted by atomic mass is 16.5. The third kappa shape index (κ3) is 3.03. The summed E-state index contributed by atoms with van der Waals surface area (Å²) in [7, 11) is 0. The summed E-state index contributed by atoms with van der Waals surface area (Å²) in [5, 5.41) is 1.20. The van der Waals surface area contributed by atoms with Crippen LogP contribution in [0.5, 0.6) is 5.75 Å². The number of nitrogens with zero attached hydrogens (tertiary/aromatic N) is 1. The van der Waals surface area contributed by atoms with Crippen molar-refractivity contribution in [1.82, 2.24) is 4.57 Å². The van der Waals surface area contributed by atoms with Gasteiger partial charge in [-0.05, 0) is 42.3 Å². The fourth-order valence-corrected chi connectivity index (χ4v) is 3.41. The molecule has 25 heavy (non-hydrogen) atoms. The van der Waals surface area contributed by atoms with Gasteiger partial charge in [-0.3, -0.25) is 0 Å². The number of hydrogen-bond donors (Lipinski definition) is 0. The van der Waals surface area contributed by atoms with E-state index in [0.29, 0.717) is 6.61 Å². The van der Waals surface area contributed by atoms with Gasteiger partial charge in [-0.25, -0.2) is 0 Å². The molecule has 0 aliphatic heterocycles. The van der Waals surface area contributed by atoms with Gasteiger partial charge in [0.05, 0.1) is 12.6 Å². The molecule has 2 nitrogen and oxygen atoms in total. The molecule has 3 aromatic carbocycles. The molecule has 0 radical (unpaired) electrons. The summed E-state index contributed by atoms with van der Waals surface area (Å²) in [6.45, 7) is 2.69. The fourth-order valence-electron chi connectivity index (χ4n) is 3.41. The van der Waals surface area contributed by atoms with Crippen molar-refractivity contribution >= 4 is 10.9 Å². The van der Waals surface area contributed by atoms with Crippen molar-refractivity contribution in [2.75, 3.05) is 6.61 Å². The van der Waals surface area contributed by atoms with Crippen molar-refractivity contribution in [1.29, 1.82) is 0 Å². The second-order valence-corrected chi connectivity index (χ2v) is 6.10. The number of aromatic nitrogens is 1. The van der Waals surface area contributed by atoms with E-state index in [4.69, 9.17) is 4.74 Å². The molecule has 0 N–H and O–H groups in total. The van der Waals surface area contributed by atoms with Crippen LogP contribution in [0.25, 0.3) is 10.9 Å². The van der Waals surface area contributed by atoms with E-state index in [1.54, 1.807) is 0 Å². The van der Waals surface area contributed by atoms with Crippen molar-refractivity contribution in [3.63, 3.8) is 0 Å². The van der Waals surface area contributed by atoms with Crippen molar-refractivity contribution in [3.8, 4) is 5.75 Å². The first-order valence-electron chi connectivity index (χ1n) is 8.70. The lowest BCUT2D eigenvalue weighted by atomic mass is 9.98. The molecule has 4 rings (SSSR count). The molecule has 0 bridgehead atoms. The Morgan fingerprint density at radius 2 is 1.44 bits per heavy atom. The second kappa shape index (κ2) is 6.86. The summed E-state index contributed by atoms with van der Waals surface area (Å²) in [6.07, 6.45) is 2.17. The summed E-state index contributed by atoms with van der Waals surface area (Å²) in [5.74, 6) is 0.920. The molecule has 0 spiro atoms. The zero-order valence-electron chi connectivity index (χ0n) is 14.3. The molecule has 0 atom stereocenters. The van der Waals surface area contributed by atoms with E-state index in [1.165, 1.54) is 22.0 Å². The smallest absolute Gasteiger partial charge is 0.120 e. The van der Waals surface area contributed by atoms with Crippen molar-refractivity contribution < 1.29 is 4.74 Å². The Morgan fingerprint density at radius 3 is 2.04 bits per heavy atom. The second-order valence-electron chi connectivity index (χ2n) is 6.10. The van der Waals surface area contributed by atoms with E-state index in [0.717, 1.165) is 5.75 Å². The molecule has 0 fully saturated rings. The van der Waals surface area contributed by atoms with Crippen LogP contribution in [-0.4, -0.2) is 11.2 Å². The van der Waals surface area contributed by atoms with Gasteiger partial charge >= 0.3 is 0 Å². The van der Waals surface area contributed by atoms with Crippen LogP contribution in [0.2, 0.25) is 0 Å². The summed E-state index contributed by atoms with van der Waals surface area (Å²) >= 11 is 0. The quantitative estimate of drug-likeness (QED) is 0.460. The zero-order chi connectivity index (χ0) is 17.1. The van der Waals surface area contributed by atoms with Crippen molar-refractivity contribution in [2.24, 2.45) is 0 Å². The SMILES string of the molecule is CCOc1ccc2c(ccn2C(c2ccccc2)c2ccccc2)c1. The lowest BCUT2D eigenvalue weighted by Gasteiger charge is -2.21. The Bertz CT molecular complexity index is 918. The highest BCUT2D eigenvalue weighted by Crippen LogP contribution is 2.32. The Morgan fingerprint density at radius 1 is 0.800 bits per heavy atom. The van der Waals surface area contributed by atoms with Crippen molar-refractivity contribution in [2.45, 2.75) is 13.0 Å². The van der Waals surface area contributed by atoms with Crippen LogP contribution in [0.4, 0.5) is 0 Å². The van der Waals surface area contributed by atoms with Gasteiger partial charge < -0.3 is 9.30 Å². The van der Waals surface area contributed by atoms with Crippen LogP contribution in [0.15, 0.2) is 91.1 Å². The fraction of sp³-hybridized carbons (Fsp3) is 0.130. The minimum atomic E-state index is 0.151. The topological polar surface area (TPSA) is 14.2 Å². The van der Waals surface area contributed by atoms with E-state index >= 15 is 0 Å². The minimum Gasteiger partial charge on any atom is -0.494 e. The van der Waals surface area contributed by atoms with Gasteiger partial charge in [0.15, 0.2) is 0 Å². The number of rotatable bonds is 5. The number of ether oxygens (including phenoxy) is 1. The molecule has 0 amide bonds. The Hall–Kier alpha value is -3.00. The van der Waals surface area contributed by atoms with Gasteiger partial charge in [-0.2, -0.15) is 0 Å². The number of hydrogen-bond acceptors (Lipinski definition) is 1. The first-order chi connectivity index (χ1) is 12.4. The predicted octanol–water partition coefficient (Wildman–Crippen LogP) is 5.68. The molecule has 0 saturated heterocycles. The maximum absolute atomic E-state index is 5.64. The van der Waals surface area contributed by atoms with Crippen molar-refractivity contribution in [3.05, 3.63) is 102 Å². The molecule has 124 valence electrons. The predicted molar refractivity (Wildman–Crippen MR) is 103 cm³/mol. The van der Waals surface area contributed by atoms with Gasteiger partial charge in [0.2, 0.25) is 0 Å². The molecule has 1 aromatic heterocycles. The standard InChI is InChI=1S/C23H21NO/c1-2-25-21-13-14-22-20(17-21)15-16-24(22)23(18-9-5-3-6-10-18)19-11-7-4-8-12-19/h3-17,23H,2H2,1H3. The van der Waals surface area contributed by atoms with E-state index in [1.807, 2.05) is 6.92 Å². The van der Waals surface area contributed by atoms with E-state index in [2.05, 4.69) is 95.7 Å². The molecule has 4 aromatic rings. The maximum atomic E-state index is 5.64. The zero-order valence-corrected chi connectivity index (χ0v) is 14.3. The Kier molecular flexibility index (Phi) is 4.26. The van der Waals surface area contributed by atoms with E-state index in [9.17, 15) is 0 Å². The number of fused-ring (bicyclic) bond motifs is 1. The lowest BCUT2D eigenvalue weighted by Crippen LogP contribution is -2.11. The highest BCUT2D eigenvalue weighted by molar-refractivity contribution is 5.82. The third-order valence-electron chi connectivity index (χ3n) is 4.51. The van der Waals surface area contributed by atoms with Gasteiger partial charge in [-0.15, -0.1) is 0 Å². The van der Waals surface area contributed by atoms with E-state index < -0.39 is 0 Å². The first-order valence-corrected chi connectivity index (χ1v) is 8.70. The van der Waals surface area contributed by atoms with Crippen LogP contribution < -0.4 is 4.74 Å². The summed E-state index contributed by atoms with van der Waals surface area (Å²) in [6, 6.07) is 29.9. The summed E-state index contributed by atoms with van der Waals surface area (Å²) < 4.78 is 7.99. The molecular formula is C23H21NO. The normalized spacial score (nSPS) is 11.1. The largest absolute Gasteiger partial charge is 0.494 e. The average Bonchev–Trinajstić information content (AvgIpc) is 3.07. The maximum Gasteiger partial charge on any atom is 0.120 e. The Balaban J connectivity index is 1.87. The van der Waals surface area contributed by atoms with Crippen LogP contribution in [0.3, 0.4) is 0 Å². The Labute approximate surface area is 148 Å². The van der Waals surface area contributed by atoms with Gasteiger partial charge in [0, 0.05) is 17.1 Å². The van der Waals surface area contributed by atoms with Gasteiger partial charge in [0.1, 0.15) is 5.75 Å².